The number of nitrogens with zero attached hydrogens (tertiary/aromatic N) is 3. The van der Waals surface area contributed by atoms with Gasteiger partial charge in [-0.2, -0.15) is 0 Å². The van der Waals surface area contributed by atoms with E-state index in [4.69, 9.17) is 12.2 Å². The zero-order valence-corrected chi connectivity index (χ0v) is 18.3. The molecule has 0 unspecified atom stereocenters. The Morgan fingerprint density at radius 3 is 2.50 bits per heavy atom. The fraction of sp³-hybridized carbons (Fsp3) is 0.333. The summed E-state index contributed by atoms with van der Waals surface area (Å²) in [4.78, 5) is 9.14. The standard InChI is InChI=1S/C21H24BrN5S/c1-15-14-17(22)4-7-19(15)26-10-12-27(13-11-26)21(28)25-18-5-2-16(3-6-18)20-23-8-9-24-20/h2-7,14H,8-13H2,1H3,(H,23,24)(H,25,28). The first-order valence-corrected chi connectivity index (χ1v) is 10.8. The van der Waals surface area contributed by atoms with E-state index in [9.17, 15) is 0 Å². The fourth-order valence-electron chi connectivity index (χ4n) is 3.63. The average molecular weight is 458 g/mol. The Labute approximate surface area is 180 Å². The van der Waals surface area contributed by atoms with Gasteiger partial charge in [0.25, 0.3) is 0 Å². The molecule has 2 aliphatic rings. The van der Waals surface area contributed by atoms with Gasteiger partial charge in [-0.1, -0.05) is 15.9 Å². The second-order valence-corrected chi connectivity index (χ2v) is 8.37. The van der Waals surface area contributed by atoms with Crippen molar-refractivity contribution in [3.05, 3.63) is 58.1 Å². The van der Waals surface area contributed by atoms with Gasteiger partial charge in [0, 0.05) is 54.1 Å². The zero-order chi connectivity index (χ0) is 19.5. The molecule has 0 amide bonds. The minimum absolute atomic E-state index is 0.788. The van der Waals surface area contributed by atoms with E-state index in [1.165, 1.54) is 11.3 Å². The van der Waals surface area contributed by atoms with Crippen molar-refractivity contribution in [2.75, 3.05) is 49.5 Å². The maximum Gasteiger partial charge on any atom is 0.173 e. The Hall–Kier alpha value is -2.12. The number of hydrogen-bond donors (Lipinski definition) is 2. The maximum atomic E-state index is 5.65. The van der Waals surface area contributed by atoms with Crippen LogP contribution in [0.3, 0.4) is 0 Å². The lowest BCUT2D eigenvalue weighted by atomic mass is 10.1. The fourth-order valence-corrected chi connectivity index (χ4v) is 4.41. The number of aliphatic imine (C=N–C) groups is 1. The predicted molar refractivity (Wildman–Crippen MR) is 125 cm³/mol. The first-order valence-electron chi connectivity index (χ1n) is 9.56. The Morgan fingerprint density at radius 2 is 1.86 bits per heavy atom. The third kappa shape index (κ3) is 4.31. The van der Waals surface area contributed by atoms with Crippen LogP contribution in [0.1, 0.15) is 11.1 Å². The predicted octanol–water partition coefficient (Wildman–Crippen LogP) is 3.63. The minimum atomic E-state index is 0.788. The molecule has 2 aromatic carbocycles. The highest BCUT2D eigenvalue weighted by Crippen LogP contribution is 2.25. The minimum Gasteiger partial charge on any atom is -0.368 e. The highest BCUT2D eigenvalue weighted by molar-refractivity contribution is 9.10. The summed E-state index contributed by atoms with van der Waals surface area (Å²) in [6, 6.07) is 14.8. The third-order valence-electron chi connectivity index (χ3n) is 5.15. The highest BCUT2D eigenvalue weighted by Gasteiger charge is 2.20. The van der Waals surface area contributed by atoms with Gasteiger partial charge in [-0.05, 0) is 67.2 Å². The maximum absolute atomic E-state index is 5.65. The van der Waals surface area contributed by atoms with E-state index in [-0.39, 0.29) is 0 Å². The van der Waals surface area contributed by atoms with Gasteiger partial charge in [0.2, 0.25) is 0 Å². The van der Waals surface area contributed by atoms with E-state index < -0.39 is 0 Å². The topological polar surface area (TPSA) is 42.9 Å². The van der Waals surface area contributed by atoms with Crippen molar-refractivity contribution < 1.29 is 0 Å². The Kier molecular flexibility index (Phi) is 5.82. The first kappa shape index (κ1) is 19.2. The summed E-state index contributed by atoms with van der Waals surface area (Å²) in [6.45, 7) is 7.70. The third-order valence-corrected chi connectivity index (χ3v) is 6.00. The van der Waals surface area contributed by atoms with Crippen LogP contribution in [0.4, 0.5) is 11.4 Å². The number of benzene rings is 2. The Morgan fingerprint density at radius 1 is 1.11 bits per heavy atom. The van der Waals surface area contributed by atoms with E-state index in [0.717, 1.165) is 65.9 Å². The van der Waals surface area contributed by atoms with Crippen molar-refractivity contribution in [1.29, 1.82) is 0 Å². The summed E-state index contributed by atoms with van der Waals surface area (Å²) < 4.78 is 1.12. The molecule has 0 aromatic heterocycles. The molecule has 2 aliphatic heterocycles. The van der Waals surface area contributed by atoms with Crippen molar-refractivity contribution in [2.24, 2.45) is 4.99 Å². The van der Waals surface area contributed by atoms with Gasteiger partial charge in [0.05, 0.1) is 6.54 Å². The van der Waals surface area contributed by atoms with Crippen LogP contribution in [0.15, 0.2) is 51.9 Å². The van der Waals surface area contributed by atoms with Crippen LogP contribution in [0.25, 0.3) is 0 Å². The van der Waals surface area contributed by atoms with Gasteiger partial charge in [0.1, 0.15) is 5.84 Å². The van der Waals surface area contributed by atoms with E-state index in [1.54, 1.807) is 0 Å². The summed E-state index contributed by atoms with van der Waals surface area (Å²) in [5.41, 5.74) is 4.73. The summed E-state index contributed by atoms with van der Waals surface area (Å²) in [5.74, 6) is 0.980. The van der Waals surface area contributed by atoms with Gasteiger partial charge < -0.3 is 20.4 Å². The van der Waals surface area contributed by atoms with E-state index in [0.29, 0.717) is 0 Å². The molecule has 0 aliphatic carbocycles. The number of nitrogens with one attached hydrogen (secondary N) is 2. The van der Waals surface area contributed by atoms with Crippen molar-refractivity contribution in [3.63, 3.8) is 0 Å². The summed E-state index contributed by atoms with van der Waals surface area (Å²) in [6.07, 6.45) is 0. The van der Waals surface area contributed by atoms with Crippen LogP contribution < -0.4 is 15.5 Å². The van der Waals surface area contributed by atoms with Gasteiger partial charge in [-0.25, -0.2) is 0 Å². The number of thiocarbonyl (C=S) groups is 1. The number of anilines is 2. The molecule has 7 heteroatoms. The van der Waals surface area contributed by atoms with Crippen LogP contribution in [-0.2, 0) is 0 Å². The Bertz CT molecular complexity index is 888. The van der Waals surface area contributed by atoms with E-state index >= 15 is 0 Å². The smallest absolute Gasteiger partial charge is 0.173 e. The van der Waals surface area contributed by atoms with Gasteiger partial charge in [-0.15, -0.1) is 0 Å². The lowest BCUT2D eigenvalue weighted by Crippen LogP contribution is -2.50. The molecular weight excluding hydrogens is 434 g/mol. The molecule has 0 radical (unpaired) electrons. The molecule has 1 fully saturated rings. The molecule has 5 nitrogen and oxygen atoms in total. The van der Waals surface area contributed by atoms with Crippen LogP contribution in [0.2, 0.25) is 0 Å². The van der Waals surface area contributed by atoms with Crippen molar-refractivity contribution in [2.45, 2.75) is 6.92 Å². The molecule has 4 rings (SSSR count). The molecule has 2 heterocycles. The number of amidine groups is 1. The molecule has 28 heavy (non-hydrogen) atoms. The highest BCUT2D eigenvalue weighted by atomic mass is 79.9. The molecule has 0 bridgehead atoms. The SMILES string of the molecule is Cc1cc(Br)ccc1N1CCN(C(=S)Nc2ccc(C3=NCCN3)cc2)CC1. The summed E-state index contributed by atoms with van der Waals surface area (Å²) in [7, 11) is 0. The monoisotopic (exact) mass is 457 g/mol. The molecule has 0 spiro atoms. The second-order valence-electron chi connectivity index (χ2n) is 7.07. The largest absolute Gasteiger partial charge is 0.368 e. The molecular formula is C21H24BrN5S. The Balaban J connectivity index is 1.32. The van der Waals surface area contributed by atoms with Crippen molar-refractivity contribution in [3.8, 4) is 0 Å². The van der Waals surface area contributed by atoms with Crippen molar-refractivity contribution in [1.82, 2.24) is 10.2 Å². The lowest BCUT2D eigenvalue weighted by molar-refractivity contribution is 0.390. The quantitative estimate of drug-likeness (QED) is 0.688. The molecule has 2 N–H and O–H groups in total. The lowest BCUT2D eigenvalue weighted by Gasteiger charge is -2.38. The normalized spacial score (nSPS) is 16.6. The van der Waals surface area contributed by atoms with Gasteiger partial charge in [-0.3, -0.25) is 4.99 Å². The van der Waals surface area contributed by atoms with Gasteiger partial charge in [0.15, 0.2) is 5.11 Å². The second kappa shape index (κ2) is 8.49. The summed E-state index contributed by atoms with van der Waals surface area (Å²) >= 11 is 9.19. The van der Waals surface area contributed by atoms with E-state index in [2.05, 4.69) is 90.7 Å². The van der Waals surface area contributed by atoms with Gasteiger partial charge >= 0.3 is 0 Å². The molecule has 0 atom stereocenters. The van der Waals surface area contributed by atoms with Crippen molar-refractivity contribution >= 4 is 50.5 Å². The van der Waals surface area contributed by atoms with Crippen LogP contribution in [0.5, 0.6) is 0 Å². The van der Waals surface area contributed by atoms with E-state index in [1.807, 2.05) is 0 Å². The van der Waals surface area contributed by atoms with Crippen LogP contribution in [-0.4, -0.2) is 55.1 Å². The molecule has 2 aromatic rings. The zero-order valence-electron chi connectivity index (χ0n) is 15.9. The number of piperazine rings is 1. The van der Waals surface area contributed by atoms with Crippen LogP contribution in [0, 0.1) is 6.92 Å². The van der Waals surface area contributed by atoms with Crippen LogP contribution >= 0.6 is 28.1 Å². The number of aryl methyl sites for hydroxylation is 1. The number of halogens is 1. The number of hydrogen-bond acceptors (Lipinski definition) is 4. The molecule has 0 saturated carbocycles. The summed E-state index contributed by atoms with van der Waals surface area (Å²) in [5, 5.41) is 7.46. The number of rotatable bonds is 3. The first-order chi connectivity index (χ1) is 13.6. The molecule has 146 valence electrons. The average Bonchev–Trinajstić information content (AvgIpc) is 3.24. The molecule has 1 saturated heterocycles.